The number of carbonyl (C=O) groups excluding carboxylic acids is 2. The number of hydrogen-bond donors (Lipinski definition) is 1. The Hall–Kier alpha value is -3.22. The van der Waals surface area contributed by atoms with Crippen LogP contribution in [0, 0.1) is 24.0 Å². The van der Waals surface area contributed by atoms with E-state index in [1.807, 2.05) is 13.0 Å². The first-order chi connectivity index (χ1) is 11.8. The molecule has 1 N–H and O–H groups in total. The summed E-state index contributed by atoms with van der Waals surface area (Å²) in [6.07, 6.45) is -1.01. The van der Waals surface area contributed by atoms with Gasteiger partial charge in [0.15, 0.2) is 6.10 Å². The molecule has 2 rings (SSSR count). The van der Waals surface area contributed by atoms with Crippen LogP contribution in [0.2, 0.25) is 0 Å². The Kier molecular flexibility index (Phi) is 5.49. The van der Waals surface area contributed by atoms with Crippen LogP contribution in [0.5, 0.6) is 0 Å². The first-order valence-electron chi connectivity index (χ1n) is 7.61. The molecule has 0 aromatic heterocycles. The number of carbonyl (C=O) groups is 2. The van der Waals surface area contributed by atoms with Gasteiger partial charge in [0.1, 0.15) is 0 Å². The van der Waals surface area contributed by atoms with Crippen molar-refractivity contribution in [3.05, 3.63) is 69.3 Å². The summed E-state index contributed by atoms with van der Waals surface area (Å²) in [6.45, 7) is 4.89. The van der Waals surface area contributed by atoms with Crippen molar-refractivity contribution >= 4 is 23.3 Å². The molecule has 1 amide bonds. The van der Waals surface area contributed by atoms with E-state index in [4.69, 9.17) is 4.74 Å². The highest BCUT2D eigenvalue weighted by Gasteiger charge is 2.20. The van der Waals surface area contributed by atoms with Gasteiger partial charge in [0, 0.05) is 17.3 Å². The third-order valence-electron chi connectivity index (χ3n) is 3.57. The fraction of sp³-hybridized carbons (Fsp3) is 0.222. The molecule has 0 aliphatic carbocycles. The van der Waals surface area contributed by atoms with Crippen LogP contribution in [0.25, 0.3) is 0 Å². The van der Waals surface area contributed by atoms with Crippen molar-refractivity contribution in [1.82, 2.24) is 0 Å². The predicted molar refractivity (Wildman–Crippen MR) is 92.5 cm³/mol. The highest BCUT2D eigenvalue weighted by Crippen LogP contribution is 2.19. The third-order valence-corrected chi connectivity index (χ3v) is 3.57. The van der Waals surface area contributed by atoms with Crippen molar-refractivity contribution in [2.75, 3.05) is 5.32 Å². The Balaban J connectivity index is 2.03. The molecule has 0 heterocycles. The van der Waals surface area contributed by atoms with Crippen molar-refractivity contribution < 1.29 is 19.2 Å². The molecule has 0 fully saturated rings. The zero-order valence-electron chi connectivity index (χ0n) is 14.1. The average molecular weight is 342 g/mol. The number of amides is 1. The molecule has 0 spiro atoms. The summed E-state index contributed by atoms with van der Waals surface area (Å²) in [5.74, 6) is -1.18. The number of nitrogens with zero attached hydrogens (tertiary/aromatic N) is 1. The van der Waals surface area contributed by atoms with Crippen LogP contribution in [0.1, 0.15) is 28.4 Å². The van der Waals surface area contributed by atoms with Gasteiger partial charge in [-0.3, -0.25) is 14.9 Å². The summed E-state index contributed by atoms with van der Waals surface area (Å²) < 4.78 is 5.14. The summed E-state index contributed by atoms with van der Waals surface area (Å²) in [5.41, 5.74) is 2.01. The molecule has 0 bridgehead atoms. The number of nitro benzene ring substituents is 1. The van der Waals surface area contributed by atoms with Crippen LogP contribution < -0.4 is 5.32 Å². The molecule has 25 heavy (non-hydrogen) atoms. The van der Waals surface area contributed by atoms with Gasteiger partial charge in [0.2, 0.25) is 0 Å². The molecule has 7 nitrogen and oxygen atoms in total. The molecule has 2 aromatic carbocycles. The summed E-state index contributed by atoms with van der Waals surface area (Å²) in [4.78, 5) is 34.5. The Labute approximate surface area is 144 Å². The van der Waals surface area contributed by atoms with Crippen LogP contribution in [-0.4, -0.2) is 22.9 Å². The fourth-order valence-electron chi connectivity index (χ4n) is 2.24. The summed E-state index contributed by atoms with van der Waals surface area (Å²) in [7, 11) is 0. The molecule has 0 aliphatic rings. The summed E-state index contributed by atoms with van der Waals surface area (Å²) in [6, 6.07) is 11.1. The van der Waals surface area contributed by atoms with E-state index in [9.17, 15) is 19.7 Å². The minimum absolute atomic E-state index is 0.0817. The first-order valence-corrected chi connectivity index (χ1v) is 7.61. The van der Waals surface area contributed by atoms with Gasteiger partial charge in [-0.15, -0.1) is 0 Å². The maximum Gasteiger partial charge on any atom is 0.338 e. The monoisotopic (exact) mass is 342 g/mol. The quantitative estimate of drug-likeness (QED) is 0.510. The molecule has 0 aliphatic heterocycles. The second-order valence-corrected chi connectivity index (χ2v) is 5.66. The lowest BCUT2D eigenvalue weighted by Gasteiger charge is -2.14. The first kappa shape index (κ1) is 18.1. The predicted octanol–water partition coefficient (Wildman–Crippen LogP) is 3.40. The standard InChI is InChI=1S/C18H18N2O5/c1-11-5-4-6-15(9-11)19-17(21)13(3)25-18(22)14-7-8-16(20(23)24)12(2)10-14/h4-10,13H,1-3H3,(H,19,21)/t13-/m1/s1. The van der Waals surface area contributed by atoms with Gasteiger partial charge >= 0.3 is 5.97 Å². The normalized spacial score (nSPS) is 11.5. The smallest absolute Gasteiger partial charge is 0.338 e. The maximum absolute atomic E-state index is 12.1. The molecule has 0 saturated carbocycles. The Morgan fingerprint density at radius 3 is 2.48 bits per heavy atom. The Morgan fingerprint density at radius 1 is 1.16 bits per heavy atom. The van der Waals surface area contributed by atoms with Crippen molar-refractivity contribution in [1.29, 1.82) is 0 Å². The van der Waals surface area contributed by atoms with Gasteiger partial charge in [0.05, 0.1) is 10.5 Å². The molecular formula is C18H18N2O5. The van der Waals surface area contributed by atoms with Crippen molar-refractivity contribution in [3.63, 3.8) is 0 Å². The number of anilines is 1. The zero-order valence-corrected chi connectivity index (χ0v) is 14.1. The Morgan fingerprint density at radius 2 is 1.88 bits per heavy atom. The van der Waals surface area contributed by atoms with Crippen LogP contribution in [0.4, 0.5) is 11.4 Å². The molecule has 130 valence electrons. The van der Waals surface area contributed by atoms with Crippen LogP contribution in [0.3, 0.4) is 0 Å². The topological polar surface area (TPSA) is 98.5 Å². The third kappa shape index (κ3) is 4.63. The molecule has 0 saturated heterocycles. The van der Waals surface area contributed by atoms with Crippen LogP contribution >= 0.6 is 0 Å². The minimum atomic E-state index is -1.01. The van der Waals surface area contributed by atoms with Gasteiger partial charge in [-0.1, -0.05) is 12.1 Å². The van der Waals surface area contributed by atoms with E-state index in [0.29, 0.717) is 11.3 Å². The SMILES string of the molecule is Cc1cccc(NC(=O)[C@@H](C)OC(=O)c2ccc([N+](=O)[O-])c(C)c2)c1. The second-order valence-electron chi connectivity index (χ2n) is 5.66. The number of rotatable bonds is 5. The Bertz CT molecular complexity index is 832. The number of esters is 1. The van der Waals surface area contributed by atoms with Crippen LogP contribution in [0.15, 0.2) is 42.5 Å². The van der Waals surface area contributed by atoms with Gasteiger partial charge in [-0.2, -0.15) is 0 Å². The molecule has 1 atom stereocenters. The largest absolute Gasteiger partial charge is 0.449 e. The number of aryl methyl sites for hydroxylation is 2. The zero-order chi connectivity index (χ0) is 18.6. The number of ether oxygens (including phenoxy) is 1. The van der Waals surface area contributed by atoms with Gasteiger partial charge in [-0.25, -0.2) is 4.79 Å². The lowest BCUT2D eigenvalue weighted by atomic mass is 10.1. The minimum Gasteiger partial charge on any atom is -0.449 e. The van der Waals surface area contributed by atoms with Gasteiger partial charge < -0.3 is 10.1 Å². The number of hydrogen-bond acceptors (Lipinski definition) is 5. The van der Waals surface area contributed by atoms with E-state index >= 15 is 0 Å². The lowest BCUT2D eigenvalue weighted by molar-refractivity contribution is -0.385. The highest BCUT2D eigenvalue weighted by molar-refractivity contribution is 5.97. The van der Waals surface area contributed by atoms with Gasteiger partial charge in [-0.05, 0) is 50.6 Å². The fourth-order valence-corrected chi connectivity index (χ4v) is 2.24. The molecule has 0 radical (unpaired) electrons. The van der Waals surface area contributed by atoms with E-state index in [1.165, 1.54) is 32.0 Å². The molecule has 2 aromatic rings. The highest BCUT2D eigenvalue weighted by atomic mass is 16.6. The molecule has 0 unspecified atom stereocenters. The molecule has 7 heteroatoms. The maximum atomic E-state index is 12.1. The number of nitro groups is 1. The van der Waals surface area contributed by atoms with E-state index in [0.717, 1.165) is 5.56 Å². The van der Waals surface area contributed by atoms with E-state index in [1.54, 1.807) is 18.2 Å². The molecular weight excluding hydrogens is 324 g/mol. The summed E-state index contributed by atoms with van der Waals surface area (Å²) in [5, 5.41) is 13.5. The van der Waals surface area contributed by atoms with E-state index in [-0.39, 0.29) is 11.3 Å². The number of benzene rings is 2. The lowest BCUT2D eigenvalue weighted by Crippen LogP contribution is -2.30. The number of nitrogens with one attached hydrogen (secondary N) is 1. The second kappa shape index (κ2) is 7.57. The van der Waals surface area contributed by atoms with E-state index in [2.05, 4.69) is 5.32 Å². The van der Waals surface area contributed by atoms with Crippen molar-refractivity contribution in [2.45, 2.75) is 26.9 Å². The van der Waals surface area contributed by atoms with Crippen molar-refractivity contribution in [3.8, 4) is 0 Å². The van der Waals surface area contributed by atoms with Crippen molar-refractivity contribution in [2.24, 2.45) is 0 Å². The van der Waals surface area contributed by atoms with E-state index < -0.39 is 22.9 Å². The summed E-state index contributed by atoms with van der Waals surface area (Å²) >= 11 is 0. The van der Waals surface area contributed by atoms with Gasteiger partial charge in [0.25, 0.3) is 11.6 Å². The average Bonchev–Trinajstić information content (AvgIpc) is 2.54. The van der Waals surface area contributed by atoms with Crippen LogP contribution in [-0.2, 0) is 9.53 Å².